The maximum Gasteiger partial charge on any atom is 0.230 e. The molecule has 0 saturated carbocycles. The summed E-state index contributed by atoms with van der Waals surface area (Å²) in [5.74, 6) is 0.799. The summed E-state index contributed by atoms with van der Waals surface area (Å²) in [5.41, 5.74) is 3.55. The maximum atomic E-state index is 12.2. The van der Waals surface area contributed by atoms with Gasteiger partial charge in [-0.1, -0.05) is 68.1 Å². The summed E-state index contributed by atoms with van der Waals surface area (Å²) in [6.07, 6.45) is 1.68. The van der Waals surface area contributed by atoms with Crippen LogP contribution in [0.3, 0.4) is 0 Å². The van der Waals surface area contributed by atoms with E-state index in [0.717, 1.165) is 18.8 Å². The second-order valence-electron chi connectivity index (χ2n) is 7.59. The molecule has 0 spiro atoms. The minimum absolute atomic E-state index is 0.00202. The fraction of sp³-hybridized carbons (Fsp3) is 0.348. The van der Waals surface area contributed by atoms with Gasteiger partial charge in [0.25, 0.3) is 0 Å². The molecule has 0 radical (unpaired) electrons. The molecule has 158 valence electrons. The fourth-order valence-corrected chi connectivity index (χ4v) is 3.82. The third-order valence-electron chi connectivity index (χ3n) is 4.80. The number of benzene rings is 2. The quantitative estimate of drug-likeness (QED) is 0.504. The molecule has 3 rings (SSSR count). The van der Waals surface area contributed by atoms with Crippen LogP contribution in [0.25, 0.3) is 5.69 Å². The average Bonchev–Trinajstić information content (AvgIpc) is 3.21. The summed E-state index contributed by atoms with van der Waals surface area (Å²) in [6.45, 7) is 6.63. The van der Waals surface area contributed by atoms with E-state index < -0.39 is 0 Å². The lowest BCUT2D eigenvalue weighted by Crippen LogP contribution is -2.33. The molecule has 1 heterocycles. The van der Waals surface area contributed by atoms with Crippen LogP contribution in [0.5, 0.6) is 0 Å². The molecule has 0 bridgehead atoms. The lowest BCUT2D eigenvalue weighted by Gasteiger charge is -2.17. The van der Waals surface area contributed by atoms with Gasteiger partial charge in [-0.3, -0.25) is 9.36 Å². The van der Waals surface area contributed by atoms with E-state index in [1.165, 1.54) is 22.9 Å². The van der Waals surface area contributed by atoms with Crippen LogP contribution in [0.2, 0.25) is 0 Å². The summed E-state index contributed by atoms with van der Waals surface area (Å²) < 4.78 is 1.91. The van der Waals surface area contributed by atoms with Crippen molar-refractivity contribution in [3.63, 3.8) is 0 Å². The number of hydrogen-bond acceptors (Lipinski definition) is 5. The lowest BCUT2D eigenvalue weighted by molar-refractivity contribution is -0.118. The van der Waals surface area contributed by atoms with Crippen molar-refractivity contribution in [3.8, 4) is 5.69 Å². The topological polar surface area (TPSA) is 63.1 Å². The number of thioether (sulfide) groups is 1. The standard InChI is InChI=1S/C23H29N5OS/c1-18(2)20-9-11-21(12-10-20)28-17-25-26-23(28)30-16-22(29)24-13-14-27(3)15-19-7-5-4-6-8-19/h4-12,17-18H,13-16H2,1-3H3,(H,24,29). The van der Waals surface area contributed by atoms with Gasteiger partial charge in [-0.2, -0.15) is 0 Å². The Bertz CT molecular complexity index is 924. The predicted molar refractivity (Wildman–Crippen MR) is 122 cm³/mol. The van der Waals surface area contributed by atoms with Gasteiger partial charge in [-0.05, 0) is 36.2 Å². The fourth-order valence-electron chi connectivity index (χ4n) is 3.06. The molecule has 0 aliphatic rings. The number of carbonyl (C=O) groups is 1. The van der Waals surface area contributed by atoms with Gasteiger partial charge in [0.15, 0.2) is 5.16 Å². The largest absolute Gasteiger partial charge is 0.354 e. The van der Waals surface area contributed by atoms with Crippen molar-refractivity contribution in [3.05, 3.63) is 72.1 Å². The first-order valence-corrected chi connectivity index (χ1v) is 11.1. The third-order valence-corrected chi connectivity index (χ3v) is 5.74. The predicted octanol–water partition coefficient (Wildman–Crippen LogP) is 3.73. The van der Waals surface area contributed by atoms with E-state index in [2.05, 4.69) is 77.7 Å². The minimum Gasteiger partial charge on any atom is -0.354 e. The highest BCUT2D eigenvalue weighted by Gasteiger charge is 2.11. The third kappa shape index (κ3) is 6.43. The summed E-state index contributed by atoms with van der Waals surface area (Å²) >= 11 is 1.39. The molecule has 1 aromatic heterocycles. The minimum atomic E-state index is -0.00202. The van der Waals surface area contributed by atoms with Crippen molar-refractivity contribution in [1.82, 2.24) is 25.0 Å². The molecule has 0 saturated heterocycles. The molecule has 0 atom stereocenters. The van der Waals surface area contributed by atoms with Crippen LogP contribution < -0.4 is 5.32 Å². The highest BCUT2D eigenvalue weighted by atomic mass is 32.2. The molecule has 0 aliphatic heterocycles. The molecule has 0 aliphatic carbocycles. The Morgan fingerprint density at radius 1 is 1.13 bits per heavy atom. The highest BCUT2D eigenvalue weighted by Crippen LogP contribution is 2.21. The summed E-state index contributed by atoms with van der Waals surface area (Å²) in [4.78, 5) is 14.4. The van der Waals surface area contributed by atoms with E-state index in [0.29, 0.717) is 23.4 Å². The van der Waals surface area contributed by atoms with Gasteiger partial charge < -0.3 is 10.2 Å². The molecular weight excluding hydrogens is 394 g/mol. The SMILES string of the molecule is CC(C)c1ccc(-n2cnnc2SCC(=O)NCCN(C)Cc2ccccc2)cc1. The zero-order chi connectivity index (χ0) is 21.3. The molecule has 0 fully saturated rings. The molecule has 7 heteroatoms. The molecular formula is C23H29N5OS. The molecule has 3 aromatic rings. The van der Waals surface area contributed by atoms with Crippen molar-refractivity contribution in [2.45, 2.75) is 31.5 Å². The highest BCUT2D eigenvalue weighted by molar-refractivity contribution is 7.99. The van der Waals surface area contributed by atoms with E-state index in [1.807, 2.05) is 22.8 Å². The van der Waals surface area contributed by atoms with Gasteiger partial charge in [-0.25, -0.2) is 0 Å². The number of rotatable bonds is 10. The van der Waals surface area contributed by atoms with Gasteiger partial charge >= 0.3 is 0 Å². The van der Waals surface area contributed by atoms with Gasteiger partial charge in [0.05, 0.1) is 5.75 Å². The van der Waals surface area contributed by atoms with E-state index in [-0.39, 0.29) is 5.91 Å². The monoisotopic (exact) mass is 423 g/mol. The number of carbonyl (C=O) groups excluding carboxylic acids is 1. The first kappa shape index (κ1) is 22.1. The van der Waals surface area contributed by atoms with Gasteiger partial charge in [0, 0.05) is 25.3 Å². The van der Waals surface area contributed by atoms with Crippen LogP contribution in [0.4, 0.5) is 0 Å². The number of amides is 1. The van der Waals surface area contributed by atoms with E-state index in [4.69, 9.17) is 0 Å². The molecule has 30 heavy (non-hydrogen) atoms. The lowest BCUT2D eigenvalue weighted by atomic mass is 10.0. The van der Waals surface area contributed by atoms with Crippen LogP contribution in [-0.4, -0.2) is 51.5 Å². The maximum absolute atomic E-state index is 12.2. The van der Waals surface area contributed by atoms with Gasteiger partial charge in [0.1, 0.15) is 6.33 Å². The number of aromatic nitrogens is 3. The Kier molecular flexibility index (Phi) is 8.04. The second kappa shape index (κ2) is 10.9. The molecule has 6 nitrogen and oxygen atoms in total. The number of likely N-dealkylation sites (N-methyl/N-ethyl adjacent to an activating group) is 1. The zero-order valence-corrected chi connectivity index (χ0v) is 18.6. The van der Waals surface area contributed by atoms with Crippen LogP contribution >= 0.6 is 11.8 Å². The van der Waals surface area contributed by atoms with E-state index in [9.17, 15) is 4.79 Å². The smallest absolute Gasteiger partial charge is 0.230 e. The van der Waals surface area contributed by atoms with Crippen LogP contribution in [0, 0.1) is 0 Å². The average molecular weight is 424 g/mol. The first-order chi connectivity index (χ1) is 14.5. The zero-order valence-electron chi connectivity index (χ0n) is 17.8. The van der Waals surface area contributed by atoms with Gasteiger partial charge in [-0.15, -0.1) is 10.2 Å². The Labute approximate surface area is 182 Å². The second-order valence-corrected chi connectivity index (χ2v) is 8.53. The number of nitrogens with one attached hydrogen (secondary N) is 1. The number of hydrogen-bond donors (Lipinski definition) is 1. The van der Waals surface area contributed by atoms with Crippen molar-refractivity contribution in [2.75, 3.05) is 25.9 Å². The van der Waals surface area contributed by atoms with Crippen molar-refractivity contribution in [1.29, 1.82) is 0 Å². The Balaban J connectivity index is 1.43. The first-order valence-electron chi connectivity index (χ1n) is 10.1. The van der Waals surface area contributed by atoms with Crippen LogP contribution in [0.1, 0.15) is 30.9 Å². The summed E-state index contributed by atoms with van der Waals surface area (Å²) in [5, 5.41) is 11.9. The summed E-state index contributed by atoms with van der Waals surface area (Å²) in [7, 11) is 2.06. The Morgan fingerprint density at radius 3 is 2.57 bits per heavy atom. The van der Waals surface area contributed by atoms with E-state index >= 15 is 0 Å². The van der Waals surface area contributed by atoms with Crippen LogP contribution in [-0.2, 0) is 11.3 Å². The normalized spacial score (nSPS) is 11.2. The molecule has 1 N–H and O–H groups in total. The van der Waals surface area contributed by atoms with Gasteiger partial charge in [0.2, 0.25) is 5.91 Å². The van der Waals surface area contributed by atoms with Crippen molar-refractivity contribution < 1.29 is 4.79 Å². The molecule has 1 amide bonds. The summed E-state index contributed by atoms with van der Waals surface area (Å²) in [6, 6.07) is 18.7. The Morgan fingerprint density at radius 2 is 1.87 bits per heavy atom. The number of nitrogens with zero attached hydrogens (tertiary/aromatic N) is 4. The van der Waals surface area contributed by atoms with Crippen molar-refractivity contribution >= 4 is 17.7 Å². The van der Waals surface area contributed by atoms with E-state index in [1.54, 1.807) is 6.33 Å². The molecule has 2 aromatic carbocycles. The van der Waals surface area contributed by atoms with Crippen LogP contribution in [0.15, 0.2) is 66.1 Å². The molecule has 0 unspecified atom stereocenters. The van der Waals surface area contributed by atoms with Crippen molar-refractivity contribution in [2.24, 2.45) is 0 Å². The Hall–Kier alpha value is -2.64.